The first-order valence-corrected chi connectivity index (χ1v) is 8.86. The minimum Gasteiger partial charge on any atom is -0.497 e. The number of carbonyl (C=O) groups excluding carboxylic acids is 1. The van der Waals surface area contributed by atoms with Crippen LogP contribution >= 0.6 is 0 Å². The maximum atomic E-state index is 12.7. The van der Waals surface area contributed by atoms with E-state index < -0.39 is 0 Å². The molecule has 25 heavy (non-hydrogen) atoms. The van der Waals surface area contributed by atoms with Crippen LogP contribution in [0.15, 0.2) is 48.5 Å². The number of hydrogen-bond acceptors (Lipinski definition) is 3. The third-order valence-electron chi connectivity index (χ3n) is 4.81. The number of nitrogens with zero attached hydrogens (tertiary/aromatic N) is 2. The van der Waals surface area contributed by atoms with Gasteiger partial charge in [0.1, 0.15) is 5.75 Å². The zero-order chi connectivity index (χ0) is 17.8. The molecular formula is C21H26N2O2. The van der Waals surface area contributed by atoms with Gasteiger partial charge in [0.05, 0.1) is 7.11 Å². The third kappa shape index (κ3) is 3.95. The highest BCUT2D eigenvalue weighted by molar-refractivity contribution is 5.94. The van der Waals surface area contributed by atoms with E-state index in [0.29, 0.717) is 11.5 Å². The summed E-state index contributed by atoms with van der Waals surface area (Å²) >= 11 is 0. The number of methoxy groups -OCH3 is 1. The molecule has 1 fully saturated rings. The number of carbonyl (C=O) groups is 1. The molecule has 4 nitrogen and oxygen atoms in total. The number of benzene rings is 2. The van der Waals surface area contributed by atoms with Crippen LogP contribution < -0.4 is 9.64 Å². The van der Waals surface area contributed by atoms with Gasteiger partial charge in [0.2, 0.25) is 0 Å². The van der Waals surface area contributed by atoms with Gasteiger partial charge in [-0.2, -0.15) is 0 Å². The van der Waals surface area contributed by atoms with Crippen LogP contribution in [0.3, 0.4) is 0 Å². The van der Waals surface area contributed by atoms with E-state index in [9.17, 15) is 4.79 Å². The lowest BCUT2D eigenvalue weighted by atomic mass is 10.0. The standard InChI is InChI=1S/C21H26N2O2/c1-16(2)17-7-9-19(10-8-17)22-11-13-23(14-12-22)21(24)18-5-4-6-20(15-18)25-3/h4-10,15-16H,11-14H2,1-3H3. The minimum atomic E-state index is 0.0775. The summed E-state index contributed by atoms with van der Waals surface area (Å²) in [4.78, 5) is 17.0. The molecule has 1 amide bonds. The van der Waals surface area contributed by atoms with Crippen molar-refractivity contribution in [1.29, 1.82) is 0 Å². The second-order valence-corrected chi connectivity index (χ2v) is 6.76. The Bertz CT molecular complexity index is 717. The van der Waals surface area contributed by atoms with Crippen molar-refractivity contribution in [2.75, 3.05) is 38.2 Å². The minimum absolute atomic E-state index is 0.0775. The van der Waals surface area contributed by atoms with Gasteiger partial charge in [-0.05, 0) is 41.8 Å². The van der Waals surface area contributed by atoms with Crippen LogP contribution in [0.5, 0.6) is 5.75 Å². The first kappa shape index (κ1) is 17.3. The Labute approximate surface area is 150 Å². The van der Waals surface area contributed by atoms with Gasteiger partial charge in [-0.25, -0.2) is 0 Å². The SMILES string of the molecule is COc1cccc(C(=O)N2CCN(c3ccc(C(C)C)cc3)CC2)c1. The van der Waals surface area contributed by atoms with Crippen molar-refractivity contribution in [2.24, 2.45) is 0 Å². The van der Waals surface area contributed by atoms with Gasteiger partial charge in [-0.15, -0.1) is 0 Å². The highest BCUT2D eigenvalue weighted by atomic mass is 16.5. The summed E-state index contributed by atoms with van der Waals surface area (Å²) in [5.74, 6) is 1.34. The Morgan fingerprint density at radius 2 is 1.68 bits per heavy atom. The van der Waals surface area contributed by atoms with Crippen LogP contribution in [0, 0.1) is 0 Å². The maximum Gasteiger partial charge on any atom is 0.254 e. The van der Waals surface area contributed by atoms with Crippen molar-refractivity contribution < 1.29 is 9.53 Å². The smallest absolute Gasteiger partial charge is 0.254 e. The molecule has 0 aromatic heterocycles. The van der Waals surface area contributed by atoms with Crippen LogP contribution in [-0.4, -0.2) is 44.1 Å². The zero-order valence-electron chi connectivity index (χ0n) is 15.2. The Morgan fingerprint density at radius 1 is 1.00 bits per heavy atom. The van der Waals surface area contributed by atoms with Gasteiger partial charge in [-0.1, -0.05) is 32.0 Å². The van der Waals surface area contributed by atoms with E-state index in [1.807, 2.05) is 23.1 Å². The molecule has 0 bridgehead atoms. The lowest BCUT2D eigenvalue weighted by molar-refractivity contribution is 0.0746. The second-order valence-electron chi connectivity index (χ2n) is 6.76. The zero-order valence-corrected chi connectivity index (χ0v) is 15.2. The molecular weight excluding hydrogens is 312 g/mol. The van der Waals surface area contributed by atoms with Crippen molar-refractivity contribution in [3.63, 3.8) is 0 Å². The number of anilines is 1. The molecule has 0 unspecified atom stereocenters. The van der Waals surface area contributed by atoms with Crippen molar-refractivity contribution in [2.45, 2.75) is 19.8 Å². The van der Waals surface area contributed by atoms with E-state index in [0.717, 1.165) is 31.9 Å². The van der Waals surface area contributed by atoms with Crippen LogP contribution in [0.25, 0.3) is 0 Å². The lowest BCUT2D eigenvalue weighted by Gasteiger charge is -2.36. The van der Waals surface area contributed by atoms with Crippen molar-refractivity contribution in [3.8, 4) is 5.75 Å². The molecule has 2 aromatic rings. The number of rotatable bonds is 4. The van der Waals surface area contributed by atoms with Crippen LogP contribution in [-0.2, 0) is 0 Å². The fourth-order valence-corrected chi connectivity index (χ4v) is 3.18. The Hall–Kier alpha value is -2.49. The molecule has 2 aromatic carbocycles. The molecule has 0 saturated carbocycles. The first-order chi connectivity index (χ1) is 12.1. The van der Waals surface area contributed by atoms with Gasteiger partial charge in [-0.3, -0.25) is 4.79 Å². The number of amides is 1. The third-order valence-corrected chi connectivity index (χ3v) is 4.81. The summed E-state index contributed by atoms with van der Waals surface area (Å²) in [6, 6.07) is 16.2. The summed E-state index contributed by atoms with van der Waals surface area (Å²) < 4.78 is 5.21. The average molecular weight is 338 g/mol. The maximum absolute atomic E-state index is 12.7. The molecule has 132 valence electrons. The molecule has 0 aliphatic carbocycles. The fourth-order valence-electron chi connectivity index (χ4n) is 3.18. The molecule has 1 heterocycles. The molecule has 0 spiro atoms. The number of hydrogen-bond donors (Lipinski definition) is 0. The van der Waals surface area contributed by atoms with Gasteiger partial charge in [0.25, 0.3) is 5.91 Å². The molecule has 4 heteroatoms. The van der Waals surface area contributed by atoms with E-state index >= 15 is 0 Å². The fraction of sp³-hybridized carbons (Fsp3) is 0.381. The van der Waals surface area contributed by atoms with Crippen molar-refractivity contribution in [3.05, 3.63) is 59.7 Å². The monoisotopic (exact) mass is 338 g/mol. The summed E-state index contributed by atoms with van der Waals surface area (Å²) in [7, 11) is 1.62. The summed E-state index contributed by atoms with van der Waals surface area (Å²) in [5, 5.41) is 0. The van der Waals surface area contributed by atoms with Crippen LogP contribution in [0.2, 0.25) is 0 Å². The molecule has 1 saturated heterocycles. The quantitative estimate of drug-likeness (QED) is 0.850. The molecule has 3 rings (SSSR count). The van der Waals surface area contributed by atoms with E-state index in [-0.39, 0.29) is 5.91 Å². The highest BCUT2D eigenvalue weighted by Crippen LogP contribution is 2.22. The predicted octanol–water partition coefficient (Wildman–Crippen LogP) is 3.78. The summed E-state index contributed by atoms with van der Waals surface area (Å²) in [5.41, 5.74) is 3.28. The van der Waals surface area contributed by atoms with Gasteiger partial charge >= 0.3 is 0 Å². The molecule has 1 aliphatic heterocycles. The van der Waals surface area contributed by atoms with Crippen molar-refractivity contribution >= 4 is 11.6 Å². The van der Waals surface area contributed by atoms with Crippen LogP contribution in [0.4, 0.5) is 5.69 Å². The first-order valence-electron chi connectivity index (χ1n) is 8.86. The summed E-state index contributed by atoms with van der Waals surface area (Å²) in [6.07, 6.45) is 0. The van der Waals surface area contributed by atoms with Crippen LogP contribution in [0.1, 0.15) is 35.7 Å². The Balaban J connectivity index is 1.62. The summed E-state index contributed by atoms with van der Waals surface area (Å²) in [6.45, 7) is 7.60. The van der Waals surface area contributed by atoms with E-state index in [2.05, 4.69) is 43.0 Å². The number of ether oxygens (including phenoxy) is 1. The lowest BCUT2D eigenvalue weighted by Crippen LogP contribution is -2.48. The largest absolute Gasteiger partial charge is 0.497 e. The normalized spacial score (nSPS) is 14.7. The molecule has 0 atom stereocenters. The number of piperazine rings is 1. The predicted molar refractivity (Wildman–Crippen MR) is 102 cm³/mol. The molecule has 1 aliphatic rings. The van der Waals surface area contributed by atoms with E-state index in [1.54, 1.807) is 13.2 Å². The molecule has 0 N–H and O–H groups in total. The van der Waals surface area contributed by atoms with Gasteiger partial charge in [0.15, 0.2) is 0 Å². The van der Waals surface area contributed by atoms with E-state index in [1.165, 1.54) is 11.3 Å². The Morgan fingerprint density at radius 3 is 2.28 bits per heavy atom. The second kappa shape index (κ2) is 7.60. The topological polar surface area (TPSA) is 32.8 Å². The van der Waals surface area contributed by atoms with Gasteiger partial charge in [0, 0.05) is 37.4 Å². The highest BCUT2D eigenvalue weighted by Gasteiger charge is 2.22. The average Bonchev–Trinajstić information content (AvgIpc) is 2.67. The van der Waals surface area contributed by atoms with E-state index in [4.69, 9.17) is 4.74 Å². The van der Waals surface area contributed by atoms with Crippen molar-refractivity contribution in [1.82, 2.24) is 4.90 Å². The Kier molecular flexibility index (Phi) is 5.27. The van der Waals surface area contributed by atoms with Gasteiger partial charge < -0.3 is 14.5 Å². The molecule has 0 radical (unpaired) electrons.